The SMILES string of the molecule is N=C(CC(O)(NC(=S)c1ccccc1)C(F)(F)F)c1ccccc1. The molecule has 0 saturated heterocycles. The number of alkyl halides is 3. The second kappa shape index (κ2) is 7.11. The topological polar surface area (TPSA) is 56.1 Å². The summed E-state index contributed by atoms with van der Waals surface area (Å²) in [5, 5.41) is 20.0. The fraction of sp³-hybridized carbons (Fsp3) is 0.176. The average molecular weight is 352 g/mol. The maximum atomic E-state index is 13.4. The van der Waals surface area contributed by atoms with Gasteiger partial charge in [0.25, 0.3) is 0 Å². The first kappa shape index (κ1) is 18.1. The molecule has 126 valence electrons. The number of hydrogen-bond donors (Lipinski definition) is 3. The summed E-state index contributed by atoms with van der Waals surface area (Å²) in [6.45, 7) is 0. The summed E-state index contributed by atoms with van der Waals surface area (Å²) < 4.78 is 40.2. The van der Waals surface area contributed by atoms with E-state index in [2.05, 4.69) is 0 Å². The predicted octanol–water partition coefficient (Wildman–Crippen LogP) is 3.66. The normalized spacial score (nSPS) is 13.8. The quantitative estimate of drug-likeness (QED) is 0.437. The molecule has 0 radical (unpaired) electrons. The van der Waals surface area contributed by atoms with Crippen LogP contribution < -0.4 is 5.32 Å². The second-order valence-electron chi connectivity index (χ2n) is 5.20. The molecule has 0 aliphatic heterocycles. The minimum atomic E-state index is -5.01. The molecular formula is C17H15F3N2OS. The summed E-state index contributed by atoms with van der Waals surface area (Å²) >= 11 is 4.97. The van der Waals surface area contributed by atoms with Gasteiger partial charge in [-0.25, -0.2) is 0 Å². The molecule has 0 spiro atoms. The third-order valence-electron chi connectivity index (χ3n) is 3.38. The Kier molecular flexibility index (Phi) is 5.36. The molecule has 0 fully saturated rings. The van der Waals surface area contributed by atoms with Crippen LogP contribution in [0.1, 0.15) is 17.5 Å². The van der Waals surface area contributed by atoms with Crippen molar-refractivity contribution < 1.29 is 18.3 Å². The Labute approximate surface area is 142 Å². The molecule has 0 heterocycles. The minimum Gasteiger partial charge on any atom is -0.363 e. The van der Waals surface area contributed by atoms with Crippen molar-refractivity contribution in [2.45, 2.75) is 18.3 Å². The maximum absolute atomic E-state index is 13.4. The first-order chi connectivity index (χ1) is 11.2. The fourth-order valence-electron chi connectivity index (χ4n) is 2.06. The highest BCUT2D eigenvalue weighted by atomic mass is 32.1. The summed E-state index contributed by atoms with van der Waals surface area (Å²) in [5.41, 5.74) is -3.03. The van der Waals surface area contributed by atoms with Gasteiger partial charge in [0.15, 0.2) is 0 Å². The molecule has 24 heavy (non-hydrogen) atoms. The van der Waals surface area contributed by atoms with Crippen LogP contribution in [0, 0.1) is 5.41 Å². The lowest BCUT2D eigenvalue weighted by Crippen LogP contribution is -2.59. The summed E-state index contributed by atoms with van der Waals surface area (Å²) in [6, 6.07) is 16.0. The molecule has 1 atom stereocenters. The van der Waals surface area contributed by atoms with Crippen LogP contribution in [-0.2, 0) is 0 Å². The highest BCUT2D eigenvalue weighted by molar-refractivity contribution is 7.80. The van der Waals surface area contributed by atoms with Gasteiger partial charge in [0, 0.05) is 17.7 Å². The number of rotatable bonds is 5. The molecule has 0 aromatic heterocycles. The molecule has 2 aromatic rings. The van der Waals surface area contributed by atoms with Gasteiger partial charge < -0.3 is 15.8 Å². The number of nitrogens with one attached hydrogen (secondary N) is 2. The Balaban J connectivity index is 2.24. The Morgan fingerprint density at radius 2 is 1.42 bits per heavy atom. The van der Waals surface area contributed by atoms with Crippen molar-refractivity contribution in [3.8, 4) is 0 Å². The van der Waals surface area contributed by atoms with E-state index < -0.39 is 18.3 Å². The zero-order chi connectivity index (χ0) is 17.8. The summed E-state index contributed by atoms with van der Waals surface area (Å²) in [7, 11) is 0. The highest BCUT2D eigenvalue weighted by Crippen LogP contribution is 2.32. The van der Waals surface area contributed by atoms with Crippen LogP contribution in [0.3, 0.4) is 0 Å². The van der Waals surface area contributed by atoms with Crippen molar-refractivity contribution in [1.29, 1.82) is 5.41 Å². The van der Waals surface area contributed by atoms with Gasteiger partial charge in [0.2, 0.25) is 5.72 Å². The third-order valence-corrected chi connectivity index (χ3v) is 3.72. The van der Waals surface area contributed by atoms with Crippen LogP contribution in [0.15, 0.2) is 60.7 Å². The molecule has 3 nitrogen and oxygen atoms in total. The number of hydrogen-bond acceptors (Lipinski definition) is 3. The Bertz CT molecular complexity index is 664. The van der Waals surface area contributed by atoms with Crippen LogP contribution in [0.25, 0.3) is 0 Å². The van der Waals surface area contributed by atoms with Crippen LogP contribution in [0.5, 0.6) is 0 Å². The van der Waals surface area contributed by atoms with E-state index in [0.717, 1.165) is 0 Å². The van der Waals surface area contributed by atoms with E-state index >= 15 is 0 Å². The van der Waals surface area contributed by atoms with E-state index in [9.17, 15) is 18.3 Å². The molecule has 7 heteroatoms. The van der Waals surface area contributed by atoms with Gasteiger partial charge >= 0.3 is 6.18 Å². The van der Waals surface area contributed by atoms with Crippen LogP contribution in [0.2, 0.25) is 0 Å². The lowest BCUT2D eigenvalue weighted by Gasteiger charge is -2.32. The van der Waals surface area contributed by atoms with Crippen molar-refractivity contribution in [2.75, 3.05) is 0 Å². The van der Waals surface area contributed by atoms with E-state index in [-0.39, 0.29) is 10.7 Å². The fourth-order valence-corrected chi connectivity index (χ4v) is 2.37. The molecule has 0 bridgehead atoms. The van der Waals surface area contributed by atoms with Crippen LogP contribution in [-0.4, -0.2) is 27.7 Å². The zero-order valence-corrected chi connectivity index (χ0v) is 13.3. The Morgan fingerprint density at radius 3 is 1.88 bits per heavy atom. The van der Waals surface area contributed by atoms with E-state index in [1.54, 1.807) is 36.4 Å². The summed E-state index contributed by atoms with van der Waals surface area (Å²) in [6.07, 6.45) is -5.97. The lowest BCUT2D eigenvalue weighted by molar-refractivity contribution is -0.263. The largest absolute Gasteiger partial charge is 0.436 e. The highest BCUT2D eigenvalue weighted by Gasteiger charge is 2.55. The number of thiocarbonyl (C=S) groups is 1. The van der Waals surface area contributed by atoms with Gasteiger partial charge in [-0.2, -0.15) is 13.2 Å². The number of halogens is 3. The Hall–Kier alpha value is -2.25. The maximum Gasteiger partial charge on any atom is 0.436 e. The molecule has 0 amide bonds. The molecule has 0 saturated carbocycles. The second-order valence-corrected chi connectivity index (χ2v) is 5.61. The minimum absolute atomic E-state index is 0.240. The Morgan fingerprint density at radius 1 is 0.958 bits per heavy atom. The summed E-state index contributed by atoms with van der Waals surface area (Å²) in [4.78, 5) is -0.240. The van der Waals surface area contributed by atoms with Crippen molar-refractivity contribution in [3.63, 3.8) is 0 Å². The number of benzene rings is 2. The molecule has 2 aromatic carbocycles. The predicted molar refractivity (Wildman–Crippen MR) is 90.2 cm³/mol. The van der Waals surface area contributed by atoms with Crippen LogP contribution in [0.4, 0.5) is 13.2 Å². The van der Waals surface area contributed by atoms with E-state index in [4.69, 9.17) is 17.6 Å². The average Bonchev–Trinajstić information content (AvgIpc) is 2.55. The molecule has 0 aliphatic rings. The van der Waals surface area contributed by atoms with Gasteiger partial charge in [0.05, 0.1) is 0 Å². The van der Waals surface area contributed by atoms with Gasteiger partial charge in [-0.1, -0.05) is 72.9 Å². The van der Waals surface area contributed by atoms with Gasteiger partial charge in [-0.15, -0.1) is 0 Å². The van der Waals surface area contributed by atoms with E-state index in [1.807, 2.05) is 5.32 Å². The van der Waals surface area contributed by atoms with Crippen molar-refractivity contribution >= 4 is 22.9 Å². The third kappa shape index (κ3) is 4.18. The van der Waals surface area contributed by atoms with E-state index in [1.165, 1.54) is 24.3 Å². The molecule has 0 aliphatic carbocycles. The van der Waals surface area contributed by atoms with E-state index in [0.29, 0.717) is 11.1 Å². The van der Waals surface area contributed by atoms with Gasteiger partial charge in [-0.05, 0) is 5.56 Å². The van der Waals surface area contributed by atoms with Crippen molar-refractivity contribution in [1.82, 2.24) is 5.32 Å². The molecular weight excluding hydrogens is 337 g/mol. The standard InChI is InChI=1S/C17H15F3N2OS/c18-17(19,20)16(23,11-14(21)12-7-3-1-4-8-12)22-15(24)13-9-5-2-6-10-13/h1-10,21,23H,11H2,(H,22,24). The van der Waals surface area contributed by atoms with Crippen LogP contribution >= 0.6 is 12.2 Å². The molecule has 1 unspecified atom stereocenters. The van der Waals surface area contributed by atoms with Gasteiger partial charge in [-0.3, -0.25) is 0 Å². The zero-order valence-electron chi connectivity index (χ0n) is 12.5. The smallest absolute Gasteiger partial charge is 0.363 e. The van der Waals surface area contributed by atoms with Gasteiger partial charge in [0.1, 0.15) is 4.99 Å². The number of aliphatic hydroxyl groups is 1. The van der Waals surface area contributed by atoms with Crippen molar-refractivity contribution in [3.05, 3.63) is 71.8 Å². The first-order valence-corrected chi connectivity index (χ1v) is 7.43. The van der Waals surface area contributed by atoms with Crippen molar-refractivity contribution in [2.24, 2.45) is 0 Å². The summed E-state index contributed by atoms with van der Waals surface area (Å²) in [5.74, 6) is 0. The molecule has 2 rings (SSSR count). The molecule has 3 N–H and O–H groups in total. The first-order valence-electron chi connectivity index (χ1n) is 7.02. The monoisotopic (exact) mass is 352 g/mol. The lowest BCUT2D eigenvalue weighted by atomic mass is 9.99.